The highest BCUT2D eigenvalue weighted by Crippen LogP contribution is 2.32. The number of carboxylic acids is 1. The van der Waals surface area contributed by atoms with E-state index in [9.17, 15) is 19.2 Å². The molecular formula is C22H20ClN3O6. The Balaban J connectivity index is 1.96. The highest BCUT2D eigenvalue weighted by atomic mass is 35.5. The van der Waals surface area contributed by atoms with Crippen LogP contribution in [0.1, 0.15) is 6.42 Å². The third-order valence-corrected chi connectivity index (χ3v) is 4.88. The average Bonchev–Trinajstić information content (AvgIpc) is 2.75. The second kappa shape index (κ2) is 9.97. The van der Waals surface area contributed by atoms with E-state index in [1.54, 1.807) is 36.4 Å². The number of ether oxygens (including phenoxy) is 1. The Bertz CT molecular complexity index is 1090. The monoisotopic (exact) mass is 457 g/mol. The molecule has 2 aromatic rings. The van der Waals surface area contributed by atoms with E-state index in [-0.39, 0.29) is 18.7 Å². The summed E-state index contributed by atoms with van der Waals surface area (Å²) in [6.07, 6.45) is 2.20. The predicted molar refractivity (Wildman–Crippen MR) is 117 cm³/mol. The van der Waals surface area contributed by atoms with Crippen LogP contribution in [0.2, 0.25) is 5.02 Å². The Morgan fingerprint density at radius 2 is 1.94 bits per heavy atom. The van der Waals surface area contributed by atoms with Crippen molar-refractivity contribution in [2.75, 3.05) is 18.5 Å². The van der Waals surface area contributed by atoms with Gasteiger partial charge in [0.2, 0.25) is 0 Å². The molecule has 1 atom stereocenters. The van der Waals surface area contributed by atoms with E-state index in [0.717, 1.165) is 4.90 Å². The number of para-hydroxylation sites is 1. The summed E-state index contributed by atoms with van der Waals surface area (Å²) < 4.78 is 5.79. The summed E-state index contributed by atoms with van der Waals surface area (Å²) >= 11 is 6.14. The lowest BCUT2D eigenvalue weighted by Crippen LogP contribution is -2.57. The van der Waals surface area contributed by atoms with Gasteiger partial charge in [0.15, 0.2) is 11.8 Å². The van der Waals surface area contributed by atoms with Crippen molar-refractivity contribution in [2.24, 2.45) is 0 Å². The number of hydrogen-bond donors (Lipinski definition) is 2. The number of urea groups is 1. The third-order valence-electron chi connectivity index (χ3n) is 4.57. The van der Waals surface area contributed by atoms with Crippen LogP contribution in [0, 0.1) is 0 Å². The molecule has 2 N–H and O–H groups in total. The van der Waals surface area contributed by atoms with Crippen molar-refractivity contribution in [3.63, 3.8) is 0 Å². The van der Waals surface area contributed by atoms with Crippen molar-refractivity contribution in [3.8, 4) is 11.5 Å². The zero-order valence-electron chi connectivity index (χ0n) is 17.0. The van der Waals surface area contributed by atoms with Gasteiger partial charge in [0.1, 0.15) is 11.5 Å². The first-order valence-electron chi connectivity index (χ1n) is 9.58. The summed E-state index contributed by atoms with van der Waals surface area (Å²) in [5.74, 6) is -1.59. The smallest absolute Gasteiger partial charge is 0.323 e. The maximum Gasteiger partial charge on any atom is 0.323 e. The Morgan fingerprint density at radius 3 is 2.66 bits per heavy atom. The third kappa shape index (κ3) is 5.25. The number of nitrogens with one attached hydrogen (secondary N) is 1. The van der Waals surface area contributed by atoms with Crippen LogP contribution in [0.3, 0.4) is 0 Å². The number of nitrogens with zero attached hydrogens (tertiary/aromatic N) is 2. The number of hydrogen-bond acceptors (Lipinski definition) is 5. The van der Waals surface area contributed by atoms with Crippen LogP contribution in [-0.2, 0) is 14.4 Å². The van der Waals surface area contributed by atoms with Gasteiger partial charge in [0.25, 0.3) is 5.91 Å². The van der Waals surface area contributed by atoms with Crippen molar-refractivity contribution in [3.05, 3.63) is 65.8 Å². The molecule has 32 heavy (non-hydrogen) atoms. The predicted octanol–water partition coefficient (Wildman–Crippen LogP) is 3.05. The molecule has 0 spiro atoms. The quantitative estimate of drug-likeness (QED) is 0.617. The molecule has 2 aromatic carbocycles. The molecule has 9 nitrogen and oxygen atoms in total. The van der Waals surface area contributed by atoms with Crippen molar-refractivity contribution in [1.29, 1.82) is 0 Å². The maximum atomic E-state index is 13.0. The van der Waals surface area contributed by atoms with Crippen LogP contribution in [-0.4, -0.2) is 53.3 Å². The molecule has 1 heterocycles. The van der Waals surface area contributed by atoms with Crippen LogP contribution < -0.4 is 15.0 Å². The van der Waals surface area contributed by atoms with E-state index >= 15 is 0 Å². The molecule has 0 saturated carbocycles. The van der Waals surface area contributed by atoms with Gasteiger partial charge in [0, 0.05) is 31.9 Å². The molecule has 0 fully saturated rings. The van der Waals surface area contributed by atoms with E-state index in [2.05, 4.69) is 5.32 Å². The molecule has 0 aliphatic carbocycles. The molecule has 1 aliphatic rings. The largest absolute Gasteiger partial charge is 0.481 e. The molecule has 0 aromatic heterocycles. The van der Waals surface area contributed by atoms with E-state index < -0.39 is 29.7 Å². The van der Waals surface area contributed by atoms with E-state index in [1.807, 2.05) is 0 Å². The van der Waals surface area contributed by atoms with E-state index in [0.29, 0.717) is 16.5 Å². The van der Waals surface area contributed by atoms with Crippen LogP contribution >= 0.6 is 11.6 Å². The zero-order chi connectivity index (χ0) is 23.3. The zero-order valence-corrected chi connectivity index (χ0v) is 17.8. The van der Waals surface area contributed by atoms with Crippen LogP contribution in [0.5, 0.6) is 11.5 Å². The molecule has 1 aliphatic heterocycles. The Kier molecular flexibility index (Phi) is 7.11. The number of carbonyl (C=O) groups excluding carboxylic acids is 3. The first-order chi connectivity index (χ1) is 15.3. The second-order valence-electron chi connectivity index (χ2n) is 6.85. The number of ketones is 1. The number of likely N-dealkylation sites (N-methyl/N-ethyl adjacent to an activating group) is 1. The standard InChI is InChI=1S/C22H20ClN3O6/c1-25-12-10-17(27)20(21(25)30)26(22(31)24-11-9-19(28)29)14-5-4-6-15(13-14)32-18-8-3-2-7-16(18)23/h2-8,10,12-13,20H,9,11H2,1H3,(H,24,31)(H,28,29)/t20-/m0/s1. The highest BCUT2D eigenvalue weighted by molar-refractivity contribution is 6.32. The van der Waals surface area contributed by atoms with E-state index in [4.69, 9.17) is 21.4 Å². The Labute approximate surface area is 188 Å². The first kappa shape index (κ1) is 22.8. The van der Waals surface area contributed by atoms with Crippen molar-refractivity contribution < 1.29 is 29.0 Å². The summed E-state index contributed by atoms with van der Waals surface area (Å²) in [7, 11) is 1.47. The number of anilines is 1. The fourth-order valence-corrected chi connectivity index (χ4v) is 3.17. The van der Waals surface area contributed by atoms with Gasteiger partial charge in [0.05, 0.1) is 17.1 Å². The van der Waals surface area contributed by atoms with Gasteiger partial charge in [-0.25, -0.2) is 4.79 Å². The summed E-state index contributed by atoms with van der Waals surface area (Å²) in [6, 6.07) is 10.8. The minimum Gasteiger partial charge on any atom is -0.481 e. The van der Waals surface area contributed by atoms with Gasteiger partial charge in [-0.15, -0.1) is 0 Å². The van der Waals surface area contributed by atoms with Gasteiger partial charge >= 0.3 is 12.0 Å². The molecule has 3 amide bonds. The summed E-state index contributed by atoms with van der Waals surface area (Å²) in [4.78, 5) is 51.3. The average molecular weight is 458 g/mol. The van der Waals surface area contributed by atoms with Crippen molar-refractivity contribution >= 4 is 41.0 Å². The fourth-order valence-electron chi connectivity index (χ4n) is 3.00. The number of carboxylic acid groups (broad SMARTS) is 1. The highest BCUT2D eigenvalue weighted by Gasteiger charge is 2.39. The Hall–Kier alpha value is -3.85. The summed E-state index contributed by atoms with van der Waals surface area (Å²) in [5, 5.41) is 11.7. The van der Waals surface area contributed by atoms with Crippen LogP contribution in [0.25, 0.3) is 0 Å². The minimum atomic E-state index is -1.45. The number of halogens is 1. The van der Waals surface area contributed by atoms with Gasteiger partial charge in [-0.05, 0) is 24.3 Å². The SMILES string of the molecule is CN1C=CC(=O)[C@H](N(C(=O)NCCC(=O)O)c2cccc(Oc3ccccc3Cl)c2)C1=O. The fraction of sp³-hybridized carbons (Fsp3) is 0.182. The van der Waals surface area contributed by atoms with Crippen molar-refractivity contribution in [2.45, 2.75) is 12.5 Å². The number of amides is 3. The topological polar surface area (TPSA) is 116 Å². The van der Waals surface area contributed by atoms with Crippen LogP contribution in [0.15, 0.2) is 60.8 Å². The lowest BCUT2D eigenvalue weighted by Gasteiger charge is -2.33. The molecule has 10 heteroatoms. The molecule has 0 saturated heterocycles. The van der Waals surface area contributed by atoms with E-state index in [1.165, 1.54) is 36.4 Å². The Morgan fingerprint density at radius 1 is 1.19 bits per heavy atom. The summed E-state index contributed by atoms with van der Waals surface area (Å²) in [6.45, 7) is -0.179. The number of benzene rings is 2. The van der Waals surface area contributed by atoms with Gasteiger partial charge < -0.3 is 20.1 Å². The molecule has 3 rings (SSSR count). The molecular weight excluding hydrogens is 438 g/mol. The summed E-state index contributed by atoms with van der Waals surface area (Å²) in [5.41, 5.74) is 0.206. The second-order valence-corrected chi connectivity index (χ2v) is 7.25. The first-order valence-corrected chi connectivity index (χ1v) is 9.95. The maximum absolute atomic E-state index is 13.0. The molecule has 0 bridgehead atoms. The van der Waals surface area contributed by atoms with Crippen molar-refractivity contribution in [1.82, 2.24) is 10.2 Å². The molecule has 0 radical (unpaired) electrons. The van der Waals surface area contributed by atoms with Crippen LogP contribution in [0.4, 0.5) is 10.5 Å². The number of aliphatic carboxylic acids is 1. The minimum absolute atomic E-state index is 0.179. The number of rotatable bonds is 7. The lowest BCUT2D eigenvalue weighted by molar-refractivity contribution is -0.137. The molecule has 166 valence electrons. The van der Waals surface area contributed by atoms with Gasteiger partial charge in [-0.3, -0.25) is 19.3 Å². The lowest BCUT2D eigenvalue weighted by atomic mass is 10.1. The normalized spacial score (nSPS) is 15.4. The number of carbonyl (C=O) groups is 4. The van der Waals surface area contributed by atoms with Gasteiger partial charge in [-0.1, -0.05) is 29.8 Å². The van der Waals surface area contributed by atoms with Gasteiger partial charge in [-0.2, -0.15) is 0 Å². The molecule has 0 unspecified atom stereocenters.